The van der Waals surface area contributed by atoms with Gasteiger partial charge in [-0.3, -0.25) is 0 Å². The third-order valence-electron chi connectivity index (χ3n) is 2.54. The van der Waals surface area contributed by atoms with E-state index in [0.29, 0.717) is 12.0 Å². The first-order valence-corrected chi connectivity index (χ1v) is 5.18. The first kappa shape index (κ1) is 11.9. The van der Waals surface area contributed by atoms with E-state index in [1.165, 1.54) is 0 Å². The maximum absolute atomic E-state index is 9.14. The van der Waals surface area contributed by atoms with E-state index >= 15 is 0 Å². The van der Waals surface area contributed by atoms with Crippen LogP contribution in [0.4, 0.5) is 5.69 Å². The molecule has 15 heavy (non-hydrogen) atoms. The normalized spacial score (nSPS) is 14.6. The van der Waals surface area contributed by atoms with Crippen molar-refractivity contribution >= 4 is 5.69 Å². The van der Waals surface area contributed by atoms with Crippen molar-refractivity contribution in [3.63, 3.8) is 0 Å². The van der Waals surface area contributed by atoms with Crippen molar-refractivity contribution in [3.8, 4) is 5.75 Å². The van der Waals surface area contributed by atoms with E-state index in [4.69, 9.17) is 9.84 Å². The summed E-state index contributed by atoms with van der Waals surface area (Å²) in [5, 5.41) is 12.5. The van der Waals surface area contributed by atoms with Gasteiger partial charge < -0.3 is 15.2 Å². The molecule has 0 amide bonds. The van der Waals surface area contributed by atoms with Crippen molar-refractivity contribution < 1.29 is 9.84 Å². The highest BCUT2D eigenvalue weighted by atomic mass is 16.5. The number of rotatable bonds is 5. The van der Waals surface area contributed by atoms with E-state index in [1.54, 1.807) is 19.2 Å². The average Bonchev–Trinajstić information content (AvgIpc) is 2.22. The highest BCUT2D eigenvalue weighted by Crippen LogP contribution is 2.16. The van der Waals surface area contributed by atoms with Crippen LogP contribution < -0.4 is 5.32 Å². The Morgan fingerprint density at radius 3 is 2.40 bits per heavy atom. The molecule has 1 rings (SSSR count). The number of anilines is 1. The third-order valence-corrected chi connectivity index (χ3v) is 2.54. The van der Waals surface area contributed by atoms with Crippen LogP contribution in [0.15, 0.2) is 24.3 Å². The first-order valence-electron chi connectivity index (χ1n) is 5.18. The minimum atomic E-state index is 0.290. The lowest BCUT2D eigenvalue weighted by molar-refractivity contribution is 0.153. The van der Waals surface area contributed by atoms with Crippen molar-refractivity contribution in [1.29, 1.82) is 0 Å². The molecular weight excluding hydrogens is 190 g/mol. The fourth-order valence-corrected chi connectivity index (χ4v) is 1.37. The van der Waals surface area contributed by atoms with Gasteiger partial charge in [0.05, 0.1) is 6.61 Å². The number of phenolic OH excluding ortho intramolecular Hbond substituents is 1. The van der Waals surface area contributed by atoms with Crippen LogP contribution >= 0.6 is 0 Å². The van der Waals surface area contributed by atoms with Gasteiger partial charge >= 0.3 is 0 Å². The Morgan fingerprint density at radius 1 is 1.27 bits per heavy atom. The average molecular weight is 209 g/mol. The van der Waals surface area contributed by atoms with Gasteiger partial charge in [0.25, 0.3) is 0 Å². The van der Waals surface area contributed by atoms with Crippen molar-refractivity contribution in [3.05, 3.63) is 24.3 Å². The summed E-state index contributed by atoms with van der Waals surface area (Å²) >= 11 is 0. The molecule has 1 unspecified atom stereocenters. The second kappa shape index (κ2) is 5.61. The van der Waals surface area contributed by atoms with Gasteiger partial charge in [0.2, 0.25) is 0 Å². The number of methoxy groups -OCH3 is 1. The Morgan fingerprint density at radius 2 is 1.87 bits per heavy atom. The standard InChI is InChI=1S/C12H19NO2/c1-9(8-15-3)10(2)13-11-4-6-12(14)7-5-11/h4-7,9-10,13-14H,8H2,1-3H3/t9-,10?/m1/s1. The molecule has 0 aliphatic rings. The van der Waals surface area contributed by atoms with Crippen molar-refractivity contribution in [2.45, 2.75) is 19.9 Å². The second-order valence-corrected chi connectivity index (χ2v) is 3.91. The highest BCUT2D eigenvalue weighted by molar-refractivity contribution is 5.46. The number of hydrogen-bond donors (Lipinski definition) is 2. The molecule has 0 radical (unpaired) electrons. The molecule has 0 aliphatic heterocycles. The maximum Gasteiger partial charge on any atom is 0.115 e. The molecule has 1 aromatic carbocycles. The fraction of sp³-hybridized carbons (Fsp3) is 0.500. The Bertz CT molecular complexity index is 284. The van der Waals surface area contributed by atoms with Crippen LogP contribution in [0.25, 0.3) is 0 Å². The smallest absolute Gasteiger partial charge is 0.115 e. The highest BCUT2D eigenvalue weighted by Gasteiger charge is 2.11. The fourth-order valence-electron chi connectivity index (χ4n) is 1.37. The minimum Gasteiger partial charge on any atom is -0.508 e. The molecule has 0 fully saturated rings. The van der Waals surface area contributed by atoms with Crippen molar-refractivity contribution in [2.24, 2.45) is 5.92 Å². The summed E-state index contributed by atoms with van der Waals surface area (Å²) in [5.41, 5.74) is 1.02. The summed E-state index contributed by atoms with van der Waals surface area (Å²) in [6, 6.07) is 7.43. The molecule has 3 heteroatoms. The summed E-state index contributed by atoms with van der Waals surface area (Å²) in [4.78, 5) is 0. The molecule has 0 saturated carbocycles. The van der Waals surface area contributed by atoms with Gasteiger partial charge in [-0.1, -0.05) is 6.92 Å². The van der Waals surface area contributed by atoms with Crippen LogP contribution in [0.2, 0.25) is 0 Å². The largest absolute Gasteiger partial charge is 0.508 e. The van der Waals surface area contributed by atoms with E-state index in [-0.39, 0.29) is 5.75 Å². The summed E-state index contributed by atoms with van der Waals surface area (Å²) < 4.78 is 5.10. The van der Waals surface area contributed by atoms with E-state index < -0.39 is 0 Å². The molecule has 2 atom stereocenters. The first-order chi connectivity index (χ1) is 7.13. The number of aromatic hydroxyl groups is 1. The van der Waals surface area contributed by atoms with Gasteiger partial charge in [0.15, 0.2) is 0 Å². The van der Waals surface area contributed by atoms with E-state index in [2.05, 4.69) is 19.2 Å². The summed E-state index contributed by atoms with van der Waals surface area (Å²) in [6.45, 7) is 5.00. The number of ether oxygens (including phenoxy) is 1. The lowest BCUT2D eigenvalue weighted by Crippen LogP contribution is -2.26. The van der Waals surface area contributed by atoms with Crippen molar-refractivity contribution in [1.82, 2.24) is 0 Å². The molecule has 0 spiro atoms. The van der Waals surface area contributed by atoms with Gasteiger partial charge in [0, 0.05) is 18.8 Å². The van der Waals surface area contributed by atoms with E-state index in [0.717, 1.165) is 12.3 Å². The summed E-state index contributed by atoms with van der Waals surface area (Å²) in [6.07, 6.45) is 0. The predicted molar refractivity (Wildman–Crippen MR) is 62.2 cm³/mol. The molecule has 84 valence electrons. The van der Waals surface area contributed by atoms with Gasteiger partial charge in [0.1, 0.15) is 5.75 Å². The van der Waals surface area contributed by atoms with Crippen LogP contribution in [0.5, 0.6) is 5.75 Å². The molecule has 3 nitrogen and oxygen atoms in total. The quantitative estimate of drug-likeness (QED) is 0.732. The maximum atomic E-state index is 9.14. The number of phenols is 1. The molecule has 0 saturated heterocycles. The van der Waals surface area contributed by atoms with Crippen LogP contribution in [-0.4, -0.2) is 24.9 Å². The molecule has 1 aromatic rings. The molecule has 0 bridgehead atoms. The SMILES string of the molecule is COC[C@@H](C)C(C)Nc1ccc(O)cc1. The minimum absolute atomic E-state index is 0.290. The van der Waals surface area contributed by atoms with E-state index in [9.17, 15) is 0 Å². The zero-order valence-corrected chi connectivity index (χ0v) is 9.53. The lowest BCUT2D eigenvalue weighted by Gasteiger charge is -2.21. The molecule has 2 N–H and O–H groups in total. The molecule has 0 aromatic heterocycles. The van der Waals surface area contributed by atoms with Crippen LogP contribution in [0, 0.1) is 5.92 Å². The second-order valence-electron chi connectivity index (χ2n) is 3.91. The van der Waals surface area contributed by atoms with Gasteiger partial charge in [-0.15, -0.1) is 0 Å². The Labute approximate surface area is 91.1 Å². The Balaban J connectivity index is 2.50. The zero-order valence-electron chi connectivity index (χ0n) is 9.53. The number of hydrogen-bond acceptors (Lipinski definition) is 3. The monoisotopic (exact) mass is 209 g/mol. The Kier molecular flexibility index (Phi) is 4.43. The van der Waals surface area contributed by atoms with Crippen LogP contribution in [0.1, 0.15) is 13.8 Å². The summed E-state index contributed by atoms with van der Waals surface area (Å²) in [5.74, 6) is 0.738. The van der Waals surface area contributed by atoms with Crippen LogP contribution in [0.3, 0.4) is 0 Å². The summed E-state index contributed by atoms with van der Waals surface area (Å²) in [7, 11) is 1.71. The van der Waals surface area contributed by atoms with E-state index in [1.807, 2.05) is 12.1 Å². The molecular formula is C12H19NO2. The van der Waals surface area contributed by atoms with Crippen molar-refractivity contribution in [2.75, 3.05) is 19.0 Å². The Hall–Kier alpha value is -1.22. The molecule has 0 aliphatic carbocycles. The van der Waals surface area contributed by atoms with Gasteiger partial charge in [-0.2, -0.15) is 0 Å². The number of benzene rings is 1. The topological polar surface area (TPSA) is 41.5 Å². The zero-order chi connectivity index (χ0) is 11.3. The van der Waals surface area contributed by atoms with Crippen LogP contribution in [-0.2, 0) is 4.74 Å². The predicted octanol–water partition coefficient (Wildman–Crippen LogP) is 2.48. The van der Waals surface area contributed by atoms with Gasteiger partial charge in [-0.05, 0) is 37.1 Å². The third kappa shape index (κ3) is 3.80. The number of nitrogens with one attached hydrogen (secondary N) is 1. The lowest BCUT2D eigenvalue weighted by atomic mass is 10.0. The molecule has 0 heterocycles. The van der Waals surface area contributed by atoms with Gasteiger partial charge in [-0.25, -0.2) is 0 Å².